The predicted molar refractivity (Wildman–Crippen MR) is 127 cm³/mol. The van der Waals surface area contributed by atoms with Crippen LogP contribution in [0.2, 0.25) is 0 Å². The summed E-state index contributed by atoms with van der Waals surface area (Å²) in [5, 5.41) is 12.7. The van der Waals surface area contributed by atoms with Crippen molar-refractivity contribution in [2.24, 2.45) is 0 Å². The van der Waals surface area contributed by atoms with Gasteiger partial charge in [-0.1, -0.05) is 0 Å². The molecule has 0 aliphatic carbocycles. The zero-order valence-corrected chi connectivity index (χ0v) is 19.7. The summed E-state index contributed by atoms with van der Waals surface area (Å²) in [6.45, 7) is 2.43. The Morgan fingerprint density at radius 3 is 2.57 bits per heavy atom. The van der Waals surface area contributed by atoms with E-state index in [2.05, 4.69) is 21.4 Å². The van der Waals surface area contributed by atoms with Crippen LogP contribution in [0.15, 0.2) is 59.6 Å². The molecule has 4 rings (SSSR count). The van der Waals surface area contributed by atoms with Gasteiger partial charge in [0.2, 0.25) is 11.9 Å². The van der Waals surface area contributed by atoms with E-state index in [4.69, 9.17) is 9.47 Å². The summed E-state index contributed by atoms with van der Waals surface area (Å²) in [4.78, 5) is 19.8. The molecule has 0 unspecified atom stereocenters. The van der Waals surface area contributed by atoms with Crippen molar-refractivity contribution in [3.63, 3.8) is 0 Å². The summed E-state index contributed by atoms with van der Waals surface area (Å²) in [7, 11) is -3.91. The summed E-state index contributed by atoms with van der Waals surface area (Å²) in [5.74, 6) is 0.158. The molecule has 0 bridgehead atoms. The van der Waals surface area contributed by atoms with E-state index in [9.17, 15) is 18.5 Å². The highest BCUT2D eigenvalue weighted by molar-refractivity contribution is 7.90. The average Bonchev–Trinajstić information content (AvgIpc) is 2.85. The van der Waals surface area contributed by atoms with E-state index in [1.54, 1.807) is 36.5 Å². The minimum Gasteiger partial charge on any atom is -0.489 e. The van der Waals surface area contributed by atoms with Gasteiger partial charge in [0, 0.05) is 37.2 Å². The molecule has 0 atom stereocenters. The number of carbonyl (C=O) groups excluding carboxylic acids is 1. The molecule has 1 saturated heterocycles. The molecule has 0 spiro atoms. The predicted octanol–water partition coefficient (Wildman–Crippen LogP) is 3.14. The van der Waals surface area contributed by atoms with Gasteiger partial charge in [0.15, 0.2) is 0 Å². The number of ether oxygens (including phenoxy) is 2. The summed E-state index contributed by atoms with van der Waals surface area (Å²) in [6, 6.07) is 15.1. The first kappa shape index (κ1) is 24.1. The molecule has 3 aromatic rings. The van der Waals surface area contributed by atoms with Gasteiger partial charge in [0.25, 0.3) is 10.0 Å². The van der Waals surface area contributed by atoms with Crippen molar-refractivity contribution in [1.29, 1.82) is 5.26 Å². The monoisotopic (exact) mass is 493 g/mol. The van der Waals surface area contributed by atoms with Gasteiger partial charge in [-0.2, -0.15) is 5.26 Å². The summed E-state index contributed by atoms with van der Waals surface area (Å²) >= 11 is 0. The van der Waals surface area contributed by atoms with E-state index in [0.717, 1.165) is 25.3 Å². The van der Waals surface area contributed by atoms with E-state index in [-0.39, 0.29) is 11.0 Å². The van der Waals surface area contributed by atoms with E-state index in [0.29, 0.717) is 41.9 Å². The number of sulfonamides is 1. The van der Waals surface area contributed by atoms with Crippen LogP contribution in [0.5, 0.6) is 5.75 Å². The smallest absolute Gasteiger partial charge is 0.264 e. The third-order valence-corrected chi connectivity index (χ3v) is 6.66. The Morgan fingerprint density at radius 2 is 1.89 bits per heavy atom. The van der Waals surface area contributed by atoms with Crippen molar-refractivity contribution in [3.8, 4) is 23.1 Å². The second-order valence-electron chi connectivity index (χ2n) is 7.83. The van der Waals surface area contributed by atoms with Crippen LogP contribution in [0.25, 0.3) is 11.3 Å². The fraction of sp³-hybridized carbons (Fsp3) is 0.250. The summed E-state index contributed by atoms with van der Waals surface area (Å²) in [6.07, 6.45) is 3.18. The van der Waals surface area contributed by atoms with Crippen LogP contribution < -0.4 is 14.8 Å². The van der Waals surface area contributed by atoms with Gasteiger partial charge in [0.05, 0.1) is 29.4 Å². The average molecular weight is 494 g/mol. The molecule has 1 amide bonds. The maximum absolute atomic E-state index is 12.1. The quantitative estimate of drug-likeness (QED) is 0.507. The molecule has 0 radical (unpaired) electrons. The number of anilines is 2. The first-order chi connectivity index (χ1) is 16.8. The van der Waals surface area contributed by atoms with Crippen LogP contribution in [0.4, 0.5) is 11.6 Å². The number of nitriles is 1. The van der Waals surface area contributed by atoms with Crippen LogP contribution >= 0.6 is 0 Å². The molecule has 1 aliphatic rings. The number of aromatic nitrogens is 2. The van der Waals surface area contributed by atoms with Crippen molar-refractivity contribution >= 4 is 27.6 Å². The molecule has 2 heterocycles. The molecular formula is C24H23N5O5S. The molecule has 10 nitrogen and oxygen atoms in total. The van der Waals surface area contributed by atoms with Crippen LogP contribution in [-0.4, -0.2) is 43.6 Å². The Hall–Kier alpha value is -4.01. The lowest BCUT2D eigenvalue weighted by molar-refractivity contribution is -0.117. The third-order valence-electron chi connectivity index (χ3n) is 5.21. The summed E-state index contributed by atoms with van der Waals surface area (Å²) in [5.41, 5.74) is 2.30. The molecule has 2 aromatic carbocycles. The number of carbonyl (C=O) groups is 1. The largest absolute Gasteiger partial charge is 0.489 e. The van der Waals surface area contributed by atoms with E-state index in [1.165, 1.54) is 12.1 Å². The van der Waals surface area contributed by atoms with E-state index < -0.39 is 15.9 Å². The van der Waals surface area contributed by atoms with Gasteiger partial charge in [0.1, 0.15) is 17.9 Å². The van der Waals surface area contributed by atoms with Gasteiger partial charge in [-0.15, -0.1) is 0 Å². The van der Waals surface area contributed by atoms with Crippen molar-refractivity contribution in [2.75, 3.05) is 18.5 Å². The molecule has 0 saturated carbocycles. The highest BCUT2D eigenvalue weighted by atomic mass is 32.2. The van der Waals surface area contributed by atoms with Gasteiger partial charge in [-0.05, 0) is 48.5 Å². The molecule has 35 heavy (non-hydrogen) atoms. The number of amides is 1. The first-order valence-corrected chi connectivity index (χ1v) is 12.3. The van der Waals surface area contributed by atoms with Crippen molar-refractivity contribution in [1.82, 2.24) is 14.7 Å². The van der Waals surface area contributed by atoms with Gasteiger partial charge in [-0.25, -0.2) is 23.1 Å². The van der Waals surface area contributed by atoms with Gasteiger partial charge < -0.3 is 14.8 Å². The number of hydrogen-bond donors (Lipinski definition) is 2. The number of nitrogens with zero attached hydrogens (tertiary/aromatic N) is 3. The van der Waals surface area contributed by atoms with Crippen LogP contribution in [0.1, 0.15) is 25.3 Å². The van der Waals surface area contributed by atoms with Crippen molar-refractivity contribution < 1.29 is 22.7 Å². The molecular weight excluding hydrogens is 470 g/mol. The Balaban J connectivity index is 1.50. The Bertz CT molecular complexity index is 1360. The van der Waals surface area contributed by atoms with Gasteiger partial charge >= 0.3 is 0 Å². The second kappa shape index (κ2) is 10.5. The van der Waals surface area contributed by atoms with Crippen molar-refractivity contribution in [3.05, 3.63) is 60.3 Å². The Labute approximate surface area is 203 Å². The molecule has 1 fully saturated rings. The Kier molecular flexibility index (Phi) is 7.24. The number of nitrogens with one attached hydrogen (secondary N) is 2. The van der Waals surface area contributed by atoms with Crippen LogP contribution in [0, 0.1) is 11.3 Å². The zero-order valence-electron chi connectivity index (χ0n) is 18.9. The minimum absolute atomic E-state index is 0.0242. The SMILES string of the molecule is CC(=O)NS(=O)(=O)c1ccc(Nc2nccc(-c3ccc(OC4CCOCC4)c(C#N)c3)n2)cc1. The fourth-order valence-electron chi connectivity index (χ4n) is 3.53. The summed E-state index contributed by atoms with van der Waals surface area (Å²) < 4.78 is 37.5. The molecule has 11 heteroatoms. The standard InChI is InChI=1S/C24H23N5O5S/c1-16(30)29-35(31,32)21-5-3-19(4-6-21)27-24-26-11-8-22(28-24)17-2-7-23(18(14-17)15-25)34-20-9-12-33-13-10-20/h2-8,11,14,20H,9-10,12-13H2,1H3,(H,29,30)(H,26,27,28). The number of hydrogen-bond acceptors (Lipinski definition) is 9. The lowest BCUT2D eigenvalue weighted by Gasteiger charge is -2.23. The highest BCUT2D eigenvalue weighted by Gasteiger charge is 2.18. The normalized spacial score (nSPS) is 14.1. The lowest BCUT2D eigenvalue weighted by Crippen LogP contribution is -2.28. The highest BCUT2D eigenvalue weighted by Crippen LogP contribution is 2.28. The molecule has 180 valence electrons. The topological polar surface area (TPSA) is 143 Å². The fourth-order valence-corrected chi connectivity index (χ4v) is 4.52. The van der Waals surface area contributed by atoms with E-state index >= 15 is 0 Å². The number of benzene rings is 2. The first-order valence-electron chi connectivity index (χ1n) is 10.9. The zero-order chi connectivity index (χ0) is 24.8. The maximum Gasteiger partial charge on any atom is 0.264 e. The number of rotatable bonds is 7. The molecule has 2 N–H and O–H groups in total. The van der Waals surface area contributed by atoms with Crippen LogP contribution in [-0.2, 0) is 19.6 Å². The minimum atomic E-state index is -3.91. The van der Waals surface area contributed by atoms with Crippen LogP contribution in [0.3, 0.4) is 0 Å². The second-order valence-corrected chi connectivity index (χ2v) is 9.51. The molecule has 1 aromatic heterocycles. The van der Waals surface area contributed by atoms with Gasteiger partial charge in [-0.3, -0.25) is 4.79 Å². The third kappa shape index (κ3) is 6.11. The maximum atomic E-state index is 12.1. The van der Waals surface area contributed by atoms with Crippen molar-refractivity contribution in [2.45, 2.75) is 30.8 Å². The molecule has 1 aliphatic heterocycles. The van der Waals surface area contributed by atoms with E-state index in [1.807, 2.05) is 10.8 Å². The Morgan fingerprint density at radius 1 is 1.14 bits per heavy atom. The lowest BCUT2D eigenvalue weighted by atomic mass is 10.1.